The SMILES string of the molecule is Nc1c(-c2nnc(SCC(=O)Nc3cccc4ccccc34)n2C2CC2)sc2ncccc12. The van der Waals surface area contributed by atoms with Gasteiger partial charge in [0.15, 0.2) is 11.0 Å². The van der Waals surface area contributed by atoms with Crippen LogP contribution in [0.15, 0.2) is 66.0 Å². The van der Waals surface area contributed by atoms with Gasteiger partial charge in [-0.2, -0.15) is 0 Å². The fourth-order valence-corrected chi connectivity index (χ4v) is 5.81. The predicted molar refractivity (Wildman–Crippen MR) is 135 cm³/mol. The van der Waals surface area contributed by atoms with E-state index in [-0.39, 0.29) is 11.7 Å². The number of thiophene rings is 1. The van der Waals surface area contributed by atoms with E-state index in [1.807, 2.05) is 54.6 Å². The van der Waals surface area contributed by atoms with Crippen LogP contribution in [0.5, 0.6) is 0 Å². The van der Waals surface area contributed by atoms with Gasteiger partial charge in [0.2, 0.25) is 5.91 Å². The summed E-state index contributed by atoms with van der Waals surface area (Å²) in [6, 6.07) is 18.1. The highest BCUT2D eigenvalue weighted by atomic mass is 32.2. The van der Waals surface area contributed by atoms with Gasteiger partial charge in [0.1, 0.15) is 4.83 Å². The molecule has 5 aromatic rings. The molecule has 3 aromatic heterocycles. The van der Waals surface area contributed by atoms with Crippen LogP contribution in [0, 0.1) is 0 Å². The lowest BCUT2D eigenvalue weighted by Crippen LogP contribution is -2.15. The van der Waals surface area contributed by atoms with E-state index in [0.717, 1.165) is 55.4 Å². The maximum atomic E-state index is 12.8. The van der Waals surface area contributed by atoms with E-state index < -0.39 is 0 Å². The van der Waals surface area contributed by atoms with E-state index >= 15 is 0 Å². The Balaban J connectivity index is 1.25. The summed E-state index contributed by atoms with van der Waals surface area (Å²) in [5, 5.41) is 15.7. The highest BCUT2D eigenvalue weighted by Gasteiger charge is 2.32. The minimum atomic E-state index is -0.0752. The molecule has 2 aromatic carbocycles. The number of benzene rings is 2. The molecule has 0 aliphatic heterocycles. The zero-order valence-corrected chi connectivity index (χ0v) is 19.2. The van der Waals surface area contributed by atoms with Gasteiger partial charge in [-0.15, -0.1) is 21.5 Å². The zero-order valence-electron chi connectivity index (χ0n) is 17.6. The van der Waals surface area contributed by atoms with E-state index in [1.54, 1.807) is 6.20 Å². The van der Waals surface area contributed by atoms with E-state index in [1.165, 1.54) is 23.1 Å². The molecule has 1 fully saturated rings. The van der Waals surface area contributed by atoms with Crippen LogP contribution in [0.3, 0.4) is 0 Å². The summed E-state index contributed by atoms with van der Waals surface area (Å²) in [4.78, 5) is 19.0. The van der Waals surface area contributed by atoms with Crippen LogP contribution in [-0.2, 0) is 4.79 Å². The number of amides is 1. The maximum Gasteiger partial charge on any atom is 0.234 e. The molecule has 0 spiro atoms. The summed E-state index contributed by atoms with van der Waals surface area (Å²) in [6.45, 7) is 0. The number of carbonyl (C=O) groups is 1. The largest absolute Gasteiger partial charge is 0.397 e. The van der Waals surface area contributed by atoms with Crippen molar-refractivity contribution in [3.05, 3.63) is 60.8 Å². The van der Waals surface area contributed by atoms with Crippen LogP contribution in [0.4, 0.5) is 11.4 Å². The van der Waals surface area contributed by atoms with Crippen LogP contribution in [0.1, 0.15) is 18.9 Å². The van der Waals surface area contributed by atoms with Crippen LogP contribution in [0.25, 0.3) is 31.7 Å². The second-order valence-corrected chi connectivity index (χ2v) is 9.91. The monoisotopic (exact) mass is 472 g/mol. The van der Waals surface area contributed by atoms with Gasteiger partial charge in [0.25, 0.3) is 0 Å². The molecular weight excluding hydrogens is 452 g/mol. The third-order valence-electron chi connectivity index (χ3n) is 5.68. The van der Waals surface area contributed by atoms with Crippen molar-refractivity contribution in [3.63, 3.8) is 0 Å². The minimum absolute atomic E-state index is 0.0752. The van der Waals surface area contributed by atoms with E-state index in [2.05, 4.69) is 25.1 Å². The van der Waals surface area contributed by atoms with Crippen molar-refractivity contribution in [2.24, 2.45) is 0 Å². The number of carbonyl (C=O) groups excluding carboxylic acids is 1. The topological polar surface area (TPSA) is 98.7 Å². The van der Waals surface area contributed by atoms with Gasteiger partial charge in [0.05, 0.1) is 16.3 Å². The first-order chi connectivity index (χ1) is 16.2. The maximum absolute atomic E-state index is 12.8. The quantitative estimate of drug-likeness (QED) is 0.323. The number of nitrogens with two attached hydrogens (primary N) is 1. The third-order valence-corrected chi connectivity index (χ3v) is 7.75. The Labute approximate surface area is 198 Å². The number of thioether (sulfide) groups is 1. The molecule has 0 radical (unpaired) electrons. The summed E-state index contributed by atoms with van der Waals surface area (Å²) in [6.07, 6.45) is 3.91. The smallest absolute Gasteiger partial charge is 0.234 e. The van der Waals surface area contributed by atoms with Crippen LogP contribution in [-0.4, -0.2) is 31.4 Å². The molecule has 1 aliphatic carbocycles. The van der Waals surface area contributed by atoms with Gasteiger partial charge in [-0.05, 0) is 36.4 Å². The Morgan fingerprint density at radius 1 is 1.09 bits per heavy atom. The Bertz CT molecular complexity index is 1500. The van der Waals surface area contributed by atoms with Crippen molar-refractivity contribution in [1.82, 2.24) is 19.7 Å². The molecule has 0 bridgehead atoms. The van der Waals surface area contributed by atoms with Gasteiger partial charge in [0, 0.05) is 28.7 Å². The van der Waals surface area contributed by atoms with Crippen molar-refractivity contribution in [2.75, 3.05) is 16.8 Å². The molecule has 1 saturated carbocycles. The Kier molecular flexibility index (Phi) is 5.00. The third kappa shape index (κ3) is 3.73. The molecule has 0 unspecified atom stereocenters. The number of pyridine rings is 1. The highest BCUT2D eigenvalue weighted by molar-refractivity contribution is 7.99. The zero-order chi connectivity index (χ0) is 22.4. The number of anilines is 2. The van der Waals surface area contributed by atoms with Crippen molar-refractivity contribution in [2.45, 2.75) is 24.0 Å². The number of nitrogens with one attached hydrogen (secondary N) is 1. The molecule has 9 heteroatoms. The molecule has 0 atom stereocenters. The molecular formula is C24H20N6OS2. The number of hydrogen-bond donors (Lipinski definition) is 2. The molecule has 1 amide bonds. The number of nitrogens with zero attached hydrogens (tertiary/aromatic N) is 4. The summed E-state index contributed by atoms with van der Waals surface area (Å²) in [5.41, 5.74) is 7.94. The normalized spacial score (nSPS) is 13.6. The number of rotatable bonds is 6. The first-order valence-electron chi connectivity index (χ1n) is 10.7. The number of fused-ring (bicyclic) bond motifs is 2. The summed E-state index contributed by atoms with van der Waals surface area (Å²) < 4.78 is 2.14. The van der Waals surface area contributed by atoms with Crippen LogP contribution >= 0.6 is 23.1 Å². The average molecular weight is 473 g/mol. The molecule has 3 heterocycles. The second-order valence-electron chi connectivity index (χ2n) is 7.97. The summed E-state index contributed by atoms with van der Waals surface area (Å²) >= 11 is 2.93. The van der Waals surface area contributed by atoms with Crippen molar-refractivity contribution in [3.8, 4) is 10.7 Å². The van der Waals surface area contributed by atoms with Crippen molar-refractivity contribution < 1.29 is 4.79 Å². The molecule has 3 N–H and O–H groups in total. The lowest BCUT2D eigenvalue weighted by Gasteiger charge is -2.10. The van der Waals surface area contributed by atoms with Gasteiger partial charge in [-0.25, -0.2) is 4.98 Å². The number of hydrogen-bond acceptors (Lipinski definition) is 7. The average Bonchev–Trinajstić information content (AvgIpc) is 3.51. The van der Waals surface area contributed by atoms with E-state index in [0.29, 0.717) is 11.7 Å². The van der Waals surface area contributed by atoms with Crippen LogP contribution < -0.4 is 11.1 Å². The lowest BCUT2D eigenvalue weighted by atomic mass is 10.1. The Hall–Kier alpha value is -3.43. The van der Waals surface area contributed by atoms with Crippen molar-refractivity contribution in [1.29, 1.82) is 0 Å². The van der Waals surface area contributed by atoms with Gasteiger partial charge < -0.3 is 11.1 Å². The molecule has 1 aliphatic rings. The predicted octanol–water partition coefficient (Wildman–Crippen LogP) is 5.36. The minimum Gasteiger partial charge on any atom is -0.397 e. The highest BCUT2D eigenvalue weighted by Crippen LogP contribution is 2.45. The standard InChI is InChI=1S/C24H20N6OS2/c25-20-17-8-4-12-26-23(17)33-21(20)22-28-29-24(30(22)15-10-11-15)32-13-19(31)27-18-9-3-6-14-5-1-2-7-16(14)18/h1-9,12,15H,10-11,13,25H2,(H,27,31). The molecule has 33 heavy (non-hydrogen) atoms. The summed E-state index contributed by atoms with van der Waals surface area (Å²) in [5.74, 6) is 0.932. The van der Waals surface area contributed by atoms with Crippen molar-refractivity contribution >= 4 is 61.4 Å². The lowest BCUT2D eigenvalue weighted by molar-refractivity contribution is -0.113. The Morgan fingerprint density at radius 3 is 2.76 bits per heavy atom. The van der Waals surface area contributed by atoms with Crippen LogP contribution in [0.2, 0.25) is 0 Å². The molecule has 7 nitrogen and oxygen atoms in total. The fraction of sp³-hybridized carbons (Fsp3) is 0.167. The summed E-state index contributed by atoms with van der Waals surface area (Å²) in [7, 11) is 0. The van der Waals surface area contributed by atoms with Gasteiger partial charge in [-0.1, -0.05) is 48.2 Å². The first kappa shape index (κ1) is 20.2. The first-order valence-corrected chi connectivity index (χ1v) is 12.5. The molecule has 164 valence electrons. The van der Waals surface area contributed by atoms with E-state index in [9.17, 15) is 4.79 Å². The second kappa shape index (κ2) is 8.17. The number of nitrogen functional groups attached to an aromatic ring is 1. The van der Waals surface area contributed by atoms with Gasteiger partial charge >= 0.3 is 0 Å². The Morgan fingerprint density at radius 2 is 1.91 bits per heavy atom. The number of aromatic nitrogens is 4. The molecule has 0 saturated heterocycles. The van der Waals surface area contributed by atoms with E-state index in [4.69, 9.17) is 5.73 Å². The van der Waals surface area contributed by atoms with Gasteiger partial charge in [-0.3, -0.25) is 9.36 Å². The molecule has 6 rings (SSSR count). The fourth-order valence-electron chi connectivity index (χ4n) is 3.96.